The summed E-state index contributed by atoms with van der Waals surface area (Å²) in [6.07, 6.45) is 0. The Morgan fingerprint density at radius 3 is 1.68 bits per heavy atom. The lowest BCUT2D eigenvalue weighted by Crippen LogP contribution is -1.97. The van der Waals surface area contributed by atoms with Gasteiger partial charge in [0.2, 0.25) is 0 Å². The van der Waals surface area contributed by atoms with Gasteiger partial charge in [-0.2, -0.15) is 0 Å². The molecule has 0 unspecified atom stereocenters. The van der Waals surface area contributed by atoms with Gasteiger partial charge in [0.15, 0.2) is 5.82 Å². The van der Waals surface area contributed by atoms with Gasteiger partial charge in [0.05, 0.1) is 11.4 Å². The highest BCUT2D eigenvalue weighted by Crippen LogP contribution is 2.39. The van der Waals surface area contributed by atoms with Crippen LogP contribution in [-0.2, 0) is 0 Å². The van der Waals surface area contributed by atoms with Crippen LogP contribution in [0.15, 0.2) is 211 Å². The summed E-state index contributed by atoms with van der Waals surface area (Å²) >= 11 is 0. The van der Waals surface area contributed by atoms with Crippen molar-refractivity contribution >= 4 is 43.5 Å². The van der Waals surface area contributed by atoms with Gasteiger partial charge in [0, 0.05) is 27.5 Å². The summed E-state index contributed by atoms with van der Waals surface area (Å²) < 4.78 is 6.22. The maximum Gasteiger partial charge on any atom is 0.160 e. The topological polar surface area (TPSA) is 38.9 Å². The van der Waals surface area contributed by atoms with Crippen molar-refractivity contribution in [1.29, 1.82) is 0 Å². The van der Waals surface area contributed by atoms with Gasteiger partial charge in [0.25, 0.3) is 0 Å². The van der Waals surface area contributed by atoms with Crippen molar-refractivity contribution in [1.82, 2.24) is 9.97 Å². The Labute approximate surface area is 330 Å². The fourth-order valence-electron chi connectivity index (χ4n) is 8.15. The summed E-state index contributed by atoms with van der Waals surface area (Å²) in [5.41, 5.74) is 13.4. The van der Waals surface area contributed by atoms with Crippen LogP contribution in [0.5, 0.6) is 0 Å². The van der Waals surface area contributed by atoms with E-state index in [0.717, 1.165) is 72.1 Å². The molecule has 0 bridgehead atoms. The van der Waals surface area contributed by atoms with E-state index in [1.165, 1.54) is 32.8 Å². The van der Waals surface area contributed by atoms with Crippen LogP contribution < -0.4 is 0 Å². The van der Waals surface area contributed by atoms with Crippen molar-refractivity contribution in [2.75, 3.05) is 0 Å². The molecule has 0 saturated heterocycles. The molecule has 0 spiro atoms. The van der Waals surface area contributed by atoms with Crippen molar-refractivity contribution < 1.29 is 4.42 Å². The van der Waals surface area contributed by atoms with Crippen LogP contribution >= 0.6 is 0 Å². The van der Waals surface area contributed by atoms with Gasteiger partial charge in [-0.3, -0.25) is 0 Å². The number of nitrogens with zero attached hydrogens (tertiary/aromatic N) is 2. The third-order valence-corrected chi connectivity index (χ3v) is 11.0. The number of furan rings is 1. The summed E-state index contributed by atoms with van der Waals surface area (Å²) in [6.45, 7) is 0. The largest absolute Gasteiger partial charge is 0.456 e. The molecular formula is C54H34N2O. The molecule has 11 rings (SSSR count). The van der Waals surface area contributed by atoms with Crippen molar-refractivity contribution in [2.24, 2.45) is 0 Å². The first-order valence-corrected chi connectivity index (χ1v) is 19.3. The fraction of sp³-hybridized carbons (Fsp3) is 0. The van der Waals surface area contributed by atoms with E-state index in [0.29, 0.717) is 5.82 Å². The minimum Gasteiger partial charge on any atom is -0.456 e. The van der Waals surface area contributed by atoms with Crippen molar-refractivity contribution in [2.45, 2.75) is 0 Å². The zero-order valence-corrected chi connectivity index (χ0v) is 30.9. The van der Waals surface area contributed by atoms with Crippen LogP contribution in [-0.4, -0.2) is 9.97 Å². The van der Waals surface area contributed by atoms with Gasteiger partial charge < -0.3 is 4.42 Å². The first kappa shape index (κ1) is 32.8. The quantitative estimate of drug-likeness (QED) is 0.171. The van der Waals surface area contributed by atoms with Gasteiger partial charge in [-0.1, -0.05) is 152 Å². The average molecular weight is 727 g/mol. The van der Waals surface area contributed by atoms with Gasteiger partial charge in [-0.25, -0.2) is 9.97 Å². The third kappa shape index (κ3) is 6.03. The Balaban J connectivity index is 1.11. The zero-order valence-electron chi connectivity index (χ0n) is 30.9. The van der Waals surface area contributed by atoms with E-state index in [1.54, 1.807) is 0 Å². The van der Waals surface area contributed by atoms with Crippen LogP contribution in [0.25, 0.3) is 111 Å². The second kappa shape index (κ2) is 13.6. The molecule has 0 N–H and O–H groups in total. The maximum atomic E-state index is 6.22. The van der Waals surface area contributed by atoms with Crippen LogP contribution in [0.2, 0.25) is 0 Å². The molecule has 11 aromatic rings. The average Bonchev–Trinajstić information content (AvgIpc) is 3.67. The highest BCUT2D eigenvalue weighted by molar-refractivity contribution is 6.06. The van der Waals surface area contributed by atoms with E-state index in [-0.39, 0.29) is 0 Å². The fourth-order valence-corrected chi connectivity index (χ4v) is 8.15. The van der Waals surface area contributed by atoms with E-state index in [4.69, 9.17) is 14.4 Å². The molecule has 3 heteroatoms. The molecule has 0 amide bonds. The monoisotopic (exact) mass is 726 g/mol. The Hall–Kier alpha value is -7.62. The molecule has 0 aliphatic heterocycles. The lowest BCUT2D eigenvalue weighted by molar-refractivity contribution is 0.669. The number of para-hydroxylation sites is 1. The van der Waals surface area contributed by atoms with Crippen molar-refractivity contribution in [3.63, 3.8) is 0 Å². The summed E-state index contributed by atoms with van der Waals surface area (Å²) in [5, 5.41) is 6.97. The standard InChI is InChI=1S/C54H34N2O/c1-3-12-35(13-4-1)38-22-23-40-29-42(25-24-39(40)28-38)50-34-51(56-54(55-50)37-15-5-2-6-16-37)45-31-43(30-44(32-45)47-20-11-17-36-14-7-8-18-46(36)47)41-26-27-53-49(33-41)48-19-9-10-21-52(48)57-53/h1-34H. The highest BCUT2D eigenvalue weighted by atomic mass is 16.3. The van der Waals surface area contributed by atoms with E-state index < -0.39 is 0 Å². The highest BCUT2D eigenvalue weighted by Gasteiger charge is 2.16. The summed E-state index contributed by atoms with van der Waals surface area (Å²) in [6, 6.07) is 73.0. The third-order valence-electron chi connectivity index (χ3n) is 11.0. The maximum absolute atomic E-state index is 6.22. The normalized spacial score (nSPS) is 11.5. The number of hydrogen-bond acceptors (Lipinski definition) is 3. The Morgan fingerprint density at radius 2 is 0.860 bits per heavy atom. The van der Waals surface area contributed by atoms with E-state index >= 15 is 0 Å². The summed E-state index contributed by atoms with van der Waals surface area (Å²) in [5.74, 6) is 0.686. The molecule has 266 valence electrons. The molecule has 3 nitrogen and oxygen atoms in total. The predicted molar refractivity (Wildman–Crippen MR) is 237 cm³/mol. The lowest BCUT2D eigenvalue weighted by Gasteiger charge is -2.14. The molecule has 0 atom stereocenters. The van der Waals surface area contributed by atoms with Crippen LogP contribution in [0, 0.1) is 0 Å². The van der Waals surface area contributed by atoms with Crippen molar-refractivity contribution in [3.05, 3.63) is 206 Å². The number of hydrogen-bond donors (Lipinski definition) is 0. The minimum atomic E-state index is 0.686. The molecule has 0 radical (unpaired) electrons. The molecule has 0 fully saturated rings. The Morgan fingerprint density at radius 1 is 0.281 bits per heavy atom. The molecule has 0 saturated carbocycles. The molecule has 0 aliphatic carbocycles. The van der Waals surface area contributed by atoms with Gasteiger partial charge in [-0.15, -0.1) is 0 Å². The first-order valence-electron chi connectivity index (χ1n) is 19.3. The number of benzene rings is 9. The lowest BCUT2D eigenvalue weighted by atomic mass is 9.91. The molecule has 0 aliphatic rings. The molecule has 2 aromatic heterocycles. The Kier molecular flexibility index (Phi) is 7.82. The van der Waals surface area contributed by atoms with Gasteiger partial charge in [-0.05, 0) is 110 Å². The molecule has 2 heterocycles. The van der Waals surface area contributed by atoms with Crippen LogP contribution in [0.4, 0.5) is 0 Å². The first-order chi connectivity index (χ1) is 28.2. The van der Waals surface area contributed by atoms with Crippen molar-refractivity contribution in [3.8, 4) is 67.3 Å². The van der Waals surface area contributed by atoms with E-state index in [2.05, 4.69) is 176 Å². The second-order valence-corrected chi connectivity index (χ2v) is 14.6. The zero-order chi connectivity index (χ0) is 37.7. The number of rotatable bonds is 6. The van der Waals surface area contributed by atoms with Gasteiger partial charge in [0.1, 0.15) is 11.2 Å². The predicted octanol–water partition coefficient (Wildman–Crippen LogP) is 14.7. The smallest absolute Gasteiger partial charge is 0.160 e. The minimum absolute atomic E-state index is 0.686. The Bertz CT molecular complexity index is 3290. The SMILES string of the molecule is c1ccc(-c2ccc3cc(-c4cc(-c5cc(-c6ccc7oc8ccccc8c7c6)cc(-c6cccc7ccccc67)c5)nc(-c5ccccc5)n4)ccc3c2)cc1. The van der Waals surface area contributed by atoms with Crippen LogP contribution in [0.1, 0.15) is 0 Å². The van der Waals surface area contributed by atoms with Gasteiger partial charge >= 0.3 is 0 Å². The number of fused-ring (bicyclic) bond motifs is 5. The molecule has 57 heavy (non-hydrogen) atoms. The number of aromatic nitrogens is 2. The van der Waals surface area contributed by atoms with E-state index in [1.807, 2.05) is 30.3 Å². The second-order valence-electron chi connectivity index (χ2n) is 14.6. The summed E-state index contributed by atoms with van der Waals surface area (Å²) in [7, 11) is 0. The molecule has 9 aromatic carbocycles. The molecular weight excluding hydrogens is 693 g/mol. The van der Waals surface area contributed by atoms with E-state index in [9.17, 15) is 0 Å². The summed E-state index contributed by atoms with van der Waals surface area (Å²) in [4.78, 5) is 10.5. The van der Waals surface area contributed by atoms with Crippen LogP contribution in [0.3, 0.4) is 0 Å².